The first-order valence-electron chi connectivity index (χ1n) is 6.14. The number of halogens is 2. The van der Waals surface area contributed by atoms with Gasteiger partial charge in [-0.15, -0.1) is 0 Å². The van der Waals surface area contributed by atoms with E-state index in [1.54, 1.807) is 12.1 Å². The van der Waals surface area contributed by atoms with E-state index in [4.69, 9.17) is 5.11 Å². The fraction of sp³-hybridized carbons (Fsp3) is 0.308. The average Bonchev–Trinajstić information content (AvgIpc) is 2.40. The molecule has 9 heteroatoms. The maximum Gasteiger partial charge on any atom is 0.322 e. The van der Waals surface area contributed by atoms with Gasteiger partial charge in [-0.2, -0.15) is 0 Å². The molecule has 0 saturated carbocycles. The fourth-order valence-corrected chi connectivity index (χ4v) is 3.61. The average molecular weight is 532 g/mol. The first-order chi connectivity index (χ1) is 10.2. The molecule has 0 spiro atoms. The van der Waals surface area contributed by atoms with E-state index in [0.29, 0.717) is 7.14 Å². The molecule has 1 aromatic carbocycles. The Labute approximate surface area is 154 Å². The Morgan fingerprint density at radius 2 is 1.77 bits per heavy atom. The third kappa shape index (κ3) is 5.94. The van der Waals surface area contributed by atoms with Crippen LogP contribution in [0.1, 0.15) is 12.5 Å². The SMILES string of the molecule is CC(=O)NC(Cc1cc(I)c(O)c(I)c1)C(=O)NCC(=O)O. The van der Waals surface area contributed by atoms with Gasteiger partial charge in [-0.1, -0.05) is 0 Å². The summed E-state index contributed by atoms with van der Waals surface area (Å²) >= 11 is 3.94. The summed E-state index contributed by atoms with van der Waals surface area (Å²) in [6.07, 6.45) is 0.192. The largest absolute Gasteiger partial charge is 0.506 e. The molecular weight excluding hydrogens is 518 g/mol. The van der Waals surface area contributed by atoms with Crippen molar-refractivity contribution < 1.29 is 24.6 Å². The number of hydrogen-bond acceptors (Lipinski definition) is 4. The van der Waals surface area contributed by atoms with Crippen LogP contribution in [0.5, 0.6) is 5.75 Å². The molecule has 22 heavy (non-hydrogen) atoms. The number of amides is 2. The molecule has 0 heterocycles. The first kappa shape index (κ1) is 18.9. The summed E-state index contributed by atoms with van der Waals surface area (Å²) < 4.78 is 1.26. The van der Waals surface area contributed by atoms with Crippen LogP contribution >= 0.6 is 45.2 Å². The van der Waals surface area contributed by atoms with E-state index in [0.717, 1.165) is 5.56 Å². The Kier molecular flexibility index (Phi) is 7.32. The second kappa shape index (κ2) is 8.50. The van der Waals surface area contributed by atoms with Gasteiger partial charge >= 0.3 is 5.97 Å². The molecule has 120 valence electrons. The second-order valence-electron chi connectivity index (χ2n) is 4.48. The van der Waals surface area contributed by atoms with Crippen LogP contribution < -0.4 is 10.6 Å². The molecule has 0 radical (unpaired) electrons. The Morgan fingerprint density at radius 3 is 2.23 bits per heavy atom. The van der Waals surface area contributed by atoms with E-state index < -0.39 is 30.4 Å². The van der Waals surface area contributed by atoms with Gasteiger partial charge in [0.05, 0.1) is 7.14 Å². The van der Waals surface area contributed by atoms with Gasteiger partial charge < -0.3 is 20.8 Å². The van der Waals surface area contributed by atoms with Gasteiger partial charge in [0.2, 0.25) is 11.8 Å². The molecule has 1 rings (SSSR count). The topological polar surface area (TPSA) is 116 Å². The predicted molar refractivity (Wildman–Crippen MR) is 95.5 cm³/mol. The lowest BCUT2D eigenvalue weighted by Crippen LogP contribution is -2.48. The van der Waals surface area contributed by atoms with Crippen molar-refractivity contribution >= 4 is 63.0 Å². The quantitative estimate of drug-likeness (QED) is 0.406. The maximum absolute atomic E-state index is 12.0. The summed E-state index contributed by atoms with van der Waals surface area (Å²) in [7, 11) is 0. The zero-order valence-corrected chi connectivity index (χ0v) is 15.8. The lowest BCUT2D eigenvalue weighted by molar-refractivity contribution is -0.138. The maximum atomic E-state index is 12.0. The zero-order chi connectivity index (χ0) is 16.9. The number of benzene rings is 1. The molecule has 0 aromatic heterocycles. The number of phenols is 1. The summed E-state index contributed by atoms with van der Waals surface area (Å²) in [4.78, 5) is 33.7. The van der Waals surface area contributed by atoms with E-state index in [1.807, 2.05) is 45.2 Å². The number of carboxylic acid groups (broad SMARTS) is 1. The highest BCUT2D eigenvalue weighted by atomic mass is 127. The van der Waals surface area contributed by atoms with Crippen molar-refractivity contribution in [3.63, 3.8) is 0 Å². The first-order valence-corrected chi connectivity index (χ1v) is 8.30. The lowest BCUT2D eigenvalue weighted by atomic mass is 10.0. The van der Waals surface area contributed by atoms with E-state index in [2.05, 4.69) is 10.6 Å². The Morgan fingerprint density at radius 1 is 1.23 bits per heavy atom. The summed E-state index contributed by atoms with van der Waals surface area (Å²) in [6, 6.07) is 2.53. The highest BCUT2D eigenvalue weighted by Crippen LogP contribution is 2.27. The number of phenolic OH excluding ortho intramolecular Hbond substituents is 1. The van der Waals surface area contributed by atoms with Crippen molar-refractivity contribution in [2.75, 3.05) is 6.54 Å². The van der Waals surface area contributed by atoms with Crippen LogP contribution in [-0.2, 0) is 20.8 Å². The van der Waals surface area contributed by atoms with Gasteiger partial charge in [-0.05, 0) is 62.9 Å². The second-order valence-corrected chi connectivity index (χ2v) is 6.80. The third-order valence-electron chi connectivity index (χ3n) is 2.62. The molecule has 0 fully saturated rings. The highest BCUT2D eigenvalue weighted by Gasteiger charge is 2.21. The number of nitrogens with one attached hydrogen (secondary N) is 2. The molecule has 1 atom stereocenters. The minimum atomic E-state index is -1.16. The van der Waals surface area contributed by atoms with Crippen molar-refractivity contribution in [1.82, 2.24) is 10.6 Å². The van der Waals surface area contributed by atoms with Crippen molar-refractivity contribution in [2.24, 2.45) is 0 Å². The number of rotatable bonds is 6. The summed E-state index contributed by atoms with van der Waals surface area (Å²) in [5, 5.41) is 23.1. The highest BCUT2D eigenvalue weighted by molar-refractivity contribution is 14.1. The number of carboxylic acids is 1. The van der Waals surface area contributed by atoms with Crippen molar-refractivity contribution in [2.45, 2.75) is 19.4 Å². The Hall–Kier alpha value is -1.11. The van der Waals surface area contributed by atoms with Crippen molar-refractivity contribution in [1.29, 1.82) is 0 Å². The minimum Gasteiger partial charge on any atom is -0.506 e. The number of hydrogen-bond donors (Lipinski definition) is 4. The summed E-state index contributed by atoms with van der Waals surface area (Å²) in [5.74, 6) is -1.96. The van der Waals surface area contributed by atoms with Crippen molar-refractivity contribution in [3.8, 4) is 5.75 Å². The molecule has 0 bridgehead atoms. The number of carbonyl (C=O) groups excluding carboxylic acids is 2. The smallest absolute Gasteiger partial charge is 0.322 e. The van der Waals surface area contributed by atoms with E-state index in [1.165, 1.54) is 6.92 Å². The summed E-state index contributed by atoms with van der Waals surface area (Å²) in [6.45, 7) is 0.765. The number of aliphatic carboxylic acids is 1. The standard InChI is InChI=1S/C13H14I2N2O5/c1-6(18)17-10(13(22)16-5-11(19)20)4-7-2-8(14)12(21)9(15)3-7/h2-3,10,21H,4-5H2,1H3,(H,16,22)(H,17,18)(H,19,20). The van der Waals surface area contributed by atoms with Gasteiger partial charge in [0.15, 0.2) is 0 Å². The van der Waals surface area contributed by atoms with Gasteiger partial charge in [0.1, 0.15) is 18.3 Å². The van der Waals surface area contributed by atoms with E-state index >= 15 is 0 Å². The number of carbonyl (C=O) groups is 3. The third-order valence-corrected chi connectivity index (χ3v) is 4.27. The molecule has 0 aliphatic rings. The van der Waals surface area contributed by atoms with Crippen LogP contribution in [-0.4, -0.2) is 40.6 Å². The van der Waals surface area contributed by atoms with E-state index in [9.17, 15) is 19.5 Å². The van der Waals surface area contributed by atoms with Crippen LogP contribution in [0.25, 0.3) is 0 Å². The molecule has 7 nitrogen and oxygen atoms in total. The Bertz CT molecular complexity index is 583. The van der Waals surface area contributed by atoms with Gasteiger partial charge in [-0.3, -0.25) is 14.4 Å². The zero-order valence-electron chi connectivity index (χ0n) is 11.5. The molecule has 0 aliphatic heterocycles. The summed E-state index contributed by atoms with van der Waals surface area (Å²) in [5.41, 5.74) is 0.746. The monoisotopic (exact) mass is 532 g/mol. The minimum absolute atomic E-state index is 0.163. The fourth-order valence-electron chi connectivity index (χ4n) is 1.71. The van der Waals surface area contributed by atoms with Crippen LogP contribution in [0.4, 0.5) is 0 Å². The van der Waals surface area contributed by atoms with Gasteiger partial charge in [-0.25, -0.2) is 0 Å². The van der Waals surface area contributed by atoms with E-state index in [-0.39, 0.29) is 12.2 Å². The van der Waals surface area contributed by atoms with Crippen LogP contribution in [0.15, 0.2) is 12.1 Å². The molecule has 4 N–H and O–H groups in total. The molecule has 0 aliphatic carbocycles. The van der Waals surface area contributed by atoms with Gasteiger partial charge in [0, 0.05) is 13.3 Å². The molecule has 1 aromatic rings. The van der Waals surface area contributed by atoms with Crippen LogP contribution in [0.2, 0.25) is 0 Å². The molecule has 2 amide bonds. The molecule has 1 unspecified atom stereocenters. The predicted octanol–water partition coefficient (Wildman–Crippen LogP) is 0.849. The molecular formula is C13H14I2N2O5. The van der Waals surface area contributed by atoms with Crippen LogP contribution in [0.3, 0.4) is 0 Å². The lowest BCUT2D eigenvalue weighted by Gasteiger charge is -2.17. The normalized spacial score (nSPS) is 11.6. The Balaban J connectivity index is 2.91. The van der Waals surface area contributed by atoms with Gasteiger partial charge in [0.25, 0.3) is 0 Å². The molecule has 0 saturated heterocycles. The van der Waals surface area contributed by atoms with Crippen molar-refractivity contribution in [3.05, 3.63) is 24.8 Å². The number of aromatic hydroxyl groups is 1. The van der Waals surface area contributed by atoms with Crippen LogP contribution in [0, 0.1) is 7.14 Å².